The molecular formula is C30H28ClN3O4. The largest absolute Gasteiger partial charge is 0.497 e. The van der Waals surface area contributed by atoms with Gasteiger partial charge in [-0.15, -0.1) is 0 Å². The van der Waals surface area contributed by atoms with Crippen molar-refractivity contribution in [2.45, 2.75) is 31.6 Å². The van der Waals surface area contributed by atoms with Crippen LogP contribution in [0.3, 0.4) is 0 Å². The van der Waals surface area contributed by atoms with Crippen LogP contribution in [0.1, 0.15) is 46.1 Å². The van der Waals surface area contributed by atoms with Gasteiger partial charge in [-0.2, -0.15) is 5.10 Å². The van der Waals surface area contributed by atoms with E-state index in [1.54, 1.807) is 7.11 Å². The molecule has 38 heavy (non-hydrogen) atoms. The van der Waals surface area contributed by atoms with Gasteiger partial charge in [0.15, 0.2) is 0 Å². The van der Waals surface area contributed by atoms with Gasteiger partial charge >= 0.3 is 0 Å². The zero-order chi connectivity index (χ0) is 26.1. The summed E-state index contributed by atoms with van der Waals surface area (Å²) in [5.74, 6) is 1.43. The summed E-state index contributed by atoms with van der Waals surface area (Å²) in [5.41, 5.74) is 4.99. The van der Waals surface area contributed by atoms with E-state index in [-0.39, 0.29) is 18.1 Å². The molecule has 2 aliphatic heterocycles. The molecule has 0 saturated carbocycles. The number of hydrogen-bond acceptors (Lipinski definition) is 5. The molecule has 1 N–H and O–H groups in total. The first-order chi connectivity index (χ1) is 18.6. The number of carbonyl (C=O) groups is 1. The van der Waals surface area contributed by atoms with E-state index in [1.807, 2.05) is 77.7 Å². The minimum Gasteiger partial charge on any atom is -0.497 e. The number of nitrogens with zero attached hydrogens (tertiary/aromatic N) is 2. The Kier molecular flexibility index (Phi) is 6.79. The Bertz CT molecular complexity index is 1430. The number of H-pyrrole nitrogens is 1. The summed E-state index contributed by atoms with van der Waals surface area (Å²) in [6, 6.07) is 23.0. The normalized spacial score (nSPS) is 18.6. The molecule has 7 nitrogen and oxygen atoms in total. The van der Waals surface area contributed by atoms with Crippen LogP contribution < -0.4 is 9.47 Å². The summed E-state index contributed by atoms with van der Waals surface area (Å²) < 4.78 is 17.2. The van der Waals surface area contributed by atoms with E-state index in [2.05, 4.69) is 10.2 Å². The van der Waals surface area contributed by atoms with Gasteiger partial charge in [0.2, 0.25) is 0 Å². The number of fused-ring (bicyclic) bond motifs is 1. The number of nitrogens with one attached hydrogen (secondary N) is 1. The minimum atomic E-state index is -0.296. The molecule has 1 fully saturated rings. The van der Waals surface area contributed by atoms with Crippen LogP contribution in [-0.4, -0.2) is 47.4 Å². The molecule has 2 unspecified atom stereocenters. The maximum absolute atomic E-state index is 13.6. The highest BCUT2D eigenvalue weighted by atomic mass is 35.5. The van der Waals surface area contributed by atoms with Crippen LogP contribution >= 0.6 is 11.6 Å². The van der Waals surface area contributed by atoms with E-state index < -0.39 is 0 Å². The van der Waals surface area contributed by atoms with Crippen LogP contribution in [0.2, 0.25) is 5.02 Å². The number of halogens is 1. The summed E-state index contributed by atoms with van der Waals surface area (Å²) in [6.45, 7) is 1.64. The number of hydrogen-bond donors (Lipinski definition) is 1. The summed E-state index contributed by atoms with van der Waals surface area (Å²) in [5, 5.41) is 8.26. The maximum Gasteiger partial charge on any atom is 0.273 e. The smallest absolute Gasteiger partial charge is 0.273 e. The summed E-state index contributed by atoms with van der Waals surface area (Å²) in [4.78, 5) is 15.5. The second kappa shape index (κ2) is 10.5. The topological polar surface area (TPSA) is 76.7 Å². The standard InChI is InChI=1S/C30H28ClN3O4/c1-36-22-12-8-19(9-13-22)27-26-28(33-32-27)30(35)34(17-24-6-4-16-37-24)29(26)20-10-14-23(15-11-20)38-18-21-5-2-3-7-25(21)31/h2-3,5,7-15,24,29H,4,6,16-18H2,1H3,(H,32,33). The Morgan fingerprint density at radius 3 is 2.53 bits per heavy atom. The fraction of sp³-hybridized carbons (Fsp3) is 0.267. The van der Waals surface area contributed by atoms with E-state index in [1.165, 1.54) is 0 Å². The molecule has 1 saturated heterocycles. The Morgan fingerprint density at radius 1 is 1.05 bits per heavy atom. The number of carbonyl (C=O) groups excluding carboxylic acids is 1. The Labute approximate surface area is 226 Å². The number of amides is 1. The van der Waals surface area contributed by atoms with Gasteiger partial charge in [-0.3, -0.25) is 9.89 Å². The molecule has 0 spiro atoms. The van der Waals surface area contributed by atoms with Crippen molar-refractivity contribution in [3.05, 3.63) is 100 Å². The van der Waals surface area contributed by atoms with E-state index in [4.69, 9.17) is 25.8 Å². The minimum absolute atomic E-state index is 0.0288. The predicted octanol–water partition coefficient (Wildman–Crippen LogP) is 6.04. The van der Waals surface area contributed by atoms with Crippen molar-refractivity contribution in [1.82, 2.24) is 15.1 Å². The first kappa shape index (κ1) is 24.5. The van der Waals surface area contributed by atoms with E-state index in [0.717, 1.165) is 58.9 Å². The number of methoxy groups -OCH3 is 1. The zero-order valence-corrected chi connectivity index (χ0v) is 21.8. The second-order valence-corrected chi connectivity index (χ2v) is 9.94. The highest BCUT2D eigenvalue weighted by Gasteiger charge is 2.43. The predicted molar refractivity (Wildman–Crippen MR) is 145 cm³/mol. The quantitative estimate of drug-likeness (QED) is 0.301. The zero-order valence-electron chi connectivity index (χ0n) is 21.0. The second-order valence-electron chi connectivity index (χ2n) is 9.53. The van der Waals surface area contributed by atoms with Crippen LogP contribution in [0, 0.1) is 0 Å². The number of aromatic amines is 1. The van der Waals surface area contributed by atoms with Crippen molar-refractivity contribution in [1.29, 1.82) is 0 Å². The van der Waals surface area contributed by atoms with Gasteiger partial charge in [0.1, 0.15) is 23.8 Å². The summed E-state index contributed by atoms with van der Waals surface area (Å²) >= 11 is 6.28. The van der Waals surface area contributed by atoms with Gasteiger partial charge in [0.05, 0.1) is 24.9 Å². The molecule has 2 atom stereocenters. The fourth-order valence-electron chi connectivity index (χ4n) is 5.23. The molecule has 3 aromatic carbocycles. The molecule has 2 aliphatic rings. The van der Waals surface area contributed by atoms with Gasteiger partial charge in [-0.25, -0.2) is 0 Å². The van der Waals surface area contributed by atoms with Crippen molar-refractivity contribution in [2.24, 2.45) is 0 Å². The monoisotopic (exact) mass is 529 g/mol. The molecule has 0 aliphatic carbocycles. The lowest BCUT2D eigenvalue weighted by molar-refractivity contribution is 0.0495. The molecule has 3 heterocycles. The SMILES string of the molecule is COc1ccc(-c2n[nH]c3c2C(c2ccc(OCc4ccccc4Cl)cc2)N(CC2CCCO2)C3=O)cc1. The van der Waals surface area contributed by atoms with Crippen LogP contribution in [0.25, 0.3) is 11.3 Å². The van der Waals surface area contributed by atoms with E-state index >= 15 is 0 Å². The lowest BCUT2D eigenvalue weighted by Gasteiger charge is -2.28. The van der Waals surface area contributed by atoms with E-state index in [9.17, 15) is 4.79 Å². The van der Waals surface area contributed by atoms with Crippen molar-refractivity contribution < 1.29 is 19.0 Å². The maximum atomic E-state index is 13.6. The molecule has 0 bridgehead atoms. The number of aromatic nitrogens is 2. The summed E-state index contributed by atoms with van der Waals surface area (Å²) in [7, 11) is 1.64. The molecule has 0 radical (unpaired) electrons. The van der Waals surface area contributed by atoms with Crippen LogP contribution in [0.5, 0.6) is 11.5 Å². The van der Waals surface area contributed by atoms with Crippen LogP contribution in [-0.2, 0) is 11.3 Å². The fourth-order valence-corrected chi connectivity index (χ4v) is 5.42. The number of benzene rings is 3. The van der Waals surface area contributed by atoms with Gasteiger partial charge < -0.3 is 19.1 Å². The number of rotatable bonds is 8. The van der Waals surface area contributed by atoms with Crippen molar-refractivity contribution in [2.75, 3.05) is 20.3 Å². The first-order valence-electron chi connectivity index (χ1n) is 12.7. The molecule has 6 rings (SSSR count). The Balaban J connectivity index is 1.32. The average Bonchev–Trinajstić information content (AvgIpc) is 3.68. The highest BCUT2D eigenvalue weighted by molar-refractivity contribution is 6.31. The van der Waals surface area contributed by atoms with Crippen molar-refractivity contribution in [3.63, 3.8) is 0 Å². The Morgan fingerprint density at radius 2 is 1.82 bits per heavy atom. The molecule has 8 heteroatoms. The lowest BCUT2D eigenvalue weighted by Crippen LogP contribution is -2.36. The van der Waals surface area contributed by atoms with Gasteiger partial charge in [0, 0.05) is 34.9 Å². The van der Waals surface area contributed by atoms with E-state index in [0.29, 0.717) is 23.9 Å². The van der Waals surface area contributed by atoms with Gasteiger partial charge in [-0.1, -0.05) is 41.9 Å². The third-order valence-corrected chi connectivity index (χ3v) is 7.57. The molecule has 1 aromatic heterocycles. The van der Waals surface area contributed by atoms with Gasteiger partial charge in [0.25, 0.3) is 5.91 Å². The third-order valence-electron chi connectivity index (χ3n) is 7.20. The molecular weight excluding hydrogens is 502 g/mol. The molecule has 194 valence electrons. The third kappa shape index (κ3) is 4.64. The molecule has 4 aromatic rings. The first-order valence-corrected chi connectivity index (χ1v) is 13.1. The van der Waals surface area contributed by atoms with Crippen LogP contribution in [0.15, 0.2) is 72.8 Å². The van der Waals surface area contributed by atoms with Crippen molar-refractivity contribution >= 4 is 17.5 Å². The number of ether oxygens (including phenoxy) is 3. The van der Waals surface area contributed by atoms with Gasteiger partial charge in [-0.05, 0) is 60.9 Å². The average molecular weight is 530 g/mol. The van der Waals surface area contributed by atoms with Crippen LogP contribution in [0.4, 0.5) is 0 Å². The van der Waals surface area contributed by atoms with Crippen molar-refractivity contribution in [3.8, 4) is 22.8 Å². The highest BCUT2D eigenvalue weighted by Crippen LogP contribution is 2.43. The summed E-state index contributed by atoms with van der Waals surface area (Å²) in [6.07, 6.45) is 1.99. The lowest BCUT2D eigenvalue weighted by atomic mass is 9.95. The molecule has 1 amide bonds. The Hall–Kier alpha value is -3.81.